The first-order valence-corrected chi connectivity index (χ1v) is 5.76. The molecule has 1 N–H and O–H groups in total. The Morgan fingerprint density at radius 3 is 2.79 bits per heavy atom. The summed E-state index contributed by atoms with van der Waals surface area (Å²) in [6.07, 6.45) is 4.85. The lowest BCUT2D eigenvalue weighted by molar-refractivity contribution is 0.216. The number of rotatable bonds is 5. The van der Waals surface area contributed by atoms with E-state index in [1.807, 2.05) is 12.1 Å². The van der Waals surface area contributed by atoms with Gasteiger partial charge in [0.15, 0.2) is 0 Å². The molecule has 1 rings (SSSR count). The number of halogens is 1. The molecule has 0 aliphatic carbocycles. The molecule has 0 aliphatic heterocycles. The third-order valence-corrected chi connectivity index (χ3v) is 2.71. The van der Waals surface area contributed by atoms with Gasteiger partial charge in [-0.15, -0.1) is 0 Å². The smallest absolute Gasteiger partial charge is 0.0463 e. The minimum Gasteiger partial charge on any atom is -0.396 e. The van der Waals surface area contributed by atoms with Gasteiger partial charge in [0, 0.05) is 23.0 Å². The summed E-state index contributed by atoms with van der Waals surface area (Å²) in [5.41, 5.74) is 1.06. The van der Waals surface area contributed by atoms with E-state index in [1.54, 1.807) is 6.20 Å². The number of aliphatic hydroxyl groups is 1. The van der Waals surface area contributed by atoms with Crippen LogP contribution in [0.5, 0.6) is 0 Å². The summed E-state index contributed by atoms with van der Waals surface area (Å²) < 4.78 is 0.997. The number of pyridine rings is 1. The highest BCUT2D eigenvalue weighted by Crippen LogP contribution is 2.14. The predicted octanol–water partition coefficient (Wildman–Crippen LogP) is 2.80. The molecule has 0 fully saturated rings. The molecular weight excluding hydrogens is 242 g/mol. The minimum absolute atomic E-state index is 0.256. The SMILES string of the molecule is CCCC(CO)Cc1ccc(Br)cn1. The Hall–Kier alpha value is -0.410. The monoisotopic (exact) mass is 257 g/mol. The van der Waals surface area contributed by atoms with Crippen LogP contribution in [0.15, 0.2) is 22.8 Å². The first-order valence-electron chi connectivity index (χ1n) is 4.97. The molecule has 1 atom stereocenters. The lowest BCUT2D eigenvalue weighted by atomic mass is 9.99. The molecule has 0 aliphatic rings. The molecule has 1 aromatic heterocycles. The van der Waals surface area contributed by atoms with E-state index in [-0.39, 0.29) is 6.61 Å². The van der Waals surface area contributed by atoms with Crippen LogP contribution in [0.3, 0.4) is 0 Å². The highest BCUT2D eigenvalue weighted by molar-refractivity contribution is 9.10. The molecule has 1 aromatic rings. The molecule has 0 bridgehead atoms. The van der Waals surface area contributed by atoms with Crippen LogP contribution in [-0.2, 0) is 6.42 Å². The molecule has 0 spiro atoms. The van der Waals surface area contributed by atoms with Gasteiger partial charge in [0.05, 0.1) is 0 Å². The number of aromatic nitrogens is 1. The molecule has 0 radical (unpaired) electrons. The number of nitrogens with zero attached hydrogens (tertiary/aromatic N) is 1. The van der Waals surface area contributed by atoms with Crippen LogP contribution in [0.4, 0.5) is 0 Å². The fourth-order valence-corrected chi connectivity index (χ4v) is 1.72. The highest BCUT2D eigenvalue weighted by atomic mass is 79.9. The molecule has 78 valence electrons. The second-order valence-corrected chi connectivity index (χ2v) is 4.42. The fourth-order valence-electron chi connectivity index (χ4n) is 1.49. The van der Waals surface area contributed by atoms with Crippen molar-refractivity contribution in [3.05, 3.63) is 28.5 Å². The Morgan fingerprint density at radius 2 is 2.29 bits per heavy atom. The van der Waals surface area contributed by atoms with Crippen LogP contribution in [-0.4, -0.2) is 16.7 Å². The van der Waals surface area contributed by atoms with Gasteiger partial charge in [0.1, 0.15) is 0 Å². The van der Waals surface area contributed by atoms with E-state index in [1.165, 1.54) is 0 Å². The zero-order valence-electron chi connectivity index (χ0n) is 8.41. The van der Waals surface area contributed by atoms with Gasteiger partial charge in [-0.2, -0.15) is 0 Å². The molecule has 14 heavy (non-hydrogen) atoms. The zero-order valence-corrected chi connectivity index (χ0v) is 10.00. The van der Waals surface area contributed by atoms with Crippen molar-refractivity contribution in [2.75, 3.05) is 6.61 Å². The number of aliphatic hydroxyl groups excluding tert-OH is 1. The van der Waals surface area contributed by atoms with E-state index >= 15 is 0 Å². The molecule has 1 heterocycles. The Kier molecular flexibility index (Phi) is 5.12. The summed E-state index contributed by atoms with van der Waals surface area (Å²) in [7, 11) is 0. The predicted molar refractivity (Wildman–Crippen MR) is 61.1 cm³/mol. The largest absolute Gasteiger partial charge is 0.396 e. The van der Waals surface area contributed by atoms with Crippen LogP contribution in [0.1, 0.15) is 25.5 Å². The number of hydrogen-bond acceptors (Lipinski definition) is 2. The Morgan fingerprint density at radius 1 is 1.50 bits per heavy atom. The van der Waals surface area contributed by atoms with Crippen LogP contribution in [0.25, 0.3) is 0 Å². The molecule has 0 amide bonds. The van der Waals surface area contributed by atoms with Gasteiger partial charge in [0.25, 0.3) is 0 Å². The van der Waals surface area contributed by atoms with E-state index in [4.69, 9.17) is 5.11 Å². The van der Waals surface area contributed by atoms with Gasteiger partial charge in [-0.25, -0.2) is 0 Å². The van der Waals surface area contributed by atoms with Crippen molar-refractivity contribution >= 4 is 15.9 Å². The Bertz CT molecular complexity index is 260. The second-order valence-electron chi connectivity index (χ2n) is 3.51. The lowest BCUT2D eigenvalue weighted by Crippen LogP contribution is -2.10. The third kappa shape index (κ3) is 3.76. The molecule has 0 saturated carbocycles. The van der Waals surface area contributed by atoms with Crippen molar-refractivity contribution in [3.63, 3.8) is 0 Å². The van der Waals surface area contributed by atoms with Crippen molar-refractivity contribution in [2.24, 2.45) is 5.92 Å². The summed E-state index contributed by atoms with van der Waals surface area (Å²) in [6, 6.07) is 3.99. The number of hydrogen-bond donors (Lipinski definition) is 1. The van der Waals surface area contributed by atoms with Gasteiger partial charge in [-0.1, -0.05) is 13.3 Å². The van der Waals surface area contributed by atoms with Gasteiger partial charge >= 0.3 is 0 Å². The van der Waals surface area contributed by atoms with Crippen LogP contribution in [0, 0.1) is 5.92 Å². The normalized spacial score (nSPS) is 12.8. The standard InChI is InChI=1S/C11H16BrNO/c1-2-3-9(8-14)6-11-5-4-10(12)7-13-11/h4-5,7,9,14H,2-3,6,8H2,1H3. The first-order chi connectivity index (χ1) is 6.76. The Labute approximate surface area is 93.5 Å². The summed E-state index contributed by atoms with van der Waals surface area (Å²) >= 11 is 3.35. The van der Waals surface area contributed by atoms with Crippen LogP contribution < -0.4 is 0 Å². The van der Waals surface area contributed by atoms with Crippen molar-refractivity contribution in [2.45, 2.75) is 26.2 Å². The van der Waals surface area contributed by atoms with E-state index in [2.05, 4.69) is 27.8 Å². The third-order valence-electron chi connectivity index (χ3n) is 2.24. The maximum atomic E-state index is 9.14. The summed E-state index contributed by atoms with van der Waals surface area (Å²) in [5, 5.41) is 9.14. The molecule has 3 heteroatoms. The van der Waals surface area contributed by atoms with Gasteiger partial charge in [0.2, 0.25) is 0 Å². The van der Waals surface area contributed by atoms with E-state index in [0.717, 1.165) is 29.4 Å². The lowest BCUT2D eigenvalue weighted by Gasteiger charge is -2.11. The minimum atomic E-state index is 0.256. The van der Waals surface area contributed by atoms with Crippen molar-refractivity contribution in [3.8, 4) is 0 Å². The fraction of sp³-hybridized carbons (Fsp3) is 0.545. The van der Waals surface area contributed by atoms with Crippen LogP contribution >= 0.6 is 15.9 Å². The second kappa shape index (κ2) is 6.14. The summed E-state index contributed by atoms with van der Waals surface area (Å²) in [6.45, 7) is 2.39. The average Bonchev–Trinajstić information content (AvgIpc) is 2.20. The molecular formula is C11H16BrNO. The topological polar surface area (TPSA) is 33.1 Å². The van der Waals surface area contributed by atoms with Gasteiger partial charge in [-0.05, 0) is 46.8 Å². The van der Waals surface area contributed by atoms with E-state index in [9.17, 15) is 0 Å². The average molecular weight is 258 g/mol. The first kappa shape index (κ1) is 11.7. The maximum absolute atomic E-state index is 9.14. The van der Waals surface area contributed by atoms with Gasteiger partial charge in [-0.3, -0.25) is 4.98 Å². The molecule has 1 unspecified atom stereocenters. The summed E-state index contributed by atoms with van der Waals surface area (Å²) in [5.74, 6) is 0.355. The molecule has 0 aromatic carbocycles. The van der Waals surface area contributed by atoms with E-state index in [0.29, 0.717) is 5.92 Å². The zero-order chi connectivity index (χ0) is 10.4. The maximum Gasteiger partial charge on any atom is 0.0463 e. The summed E-state index contributed by atoms with van der Waals surface area (Å²) in [4.78, 5) is 4.29. The molecule has 2 nitrogen and oxygen atoms in total. The van der Waals surface area contributed by atoms with Crippen LogP contribution in [0.2, 0.25) is 0 Å². The van der Waals surface area contributed by atoms with Gasteiger partial charge < -0.3 is 5.11 Å². The van der Waals surface area contributed by atoms with E-state index < -0.39 is 0 Å². The highest BCUT2D eigenvalue weighted by Gasteiger charge is 2.07. The quantitative estimate of drug-likeness (QED) is 0.880. The molecule has 0 saturated heterocycles. The van der Waals surface area contributed by atoms with Crippen molar-refractivity contribution in [1.29, 1.82) is 0 Å². The van der Waals surface area contributed by atoms with Crippen molar-refractivity contribution in [1.82, 2.24) is 4.98 Å². The Balaban J connectivity index is 2.53. The van der Waals surface area contributed by atoms with Crippen molar-refractivity contribution < 1.29 is 5.11 Å².